The van der Waals surface area contributed by atoms with Gasteiger partial charge in [-0.25, -0.2) is 0 Å². The van der Waals surface area contributed by atoms with E-state index >= 15 is 0 Å². The van der Waals surface area contributed by atoms with Gasteiger partial charge < -0.3 is 10.5 Å². The number of nitrogens with two attached hydrogens (primary N) is 1. The molecule has 3 unspecified atom stereocenters. The highest BCUT2D eigenvalue weighted by Crippen LogP contribution is 2.35. The Morgan fingerprint density at radius 2 is 2.16 bits per heavy atom. The van der Waals surface area contributed by atoms with Gasteiger partial charge >= 0.3 is 5.97 Å². The van der Waals surface area contributed by atoms with Gasteiger partial charge in [0.1, 0.15) is 0 Å². The largest absolute Gasteiger partial charge is 0.469 e. The van der Waals surface area contributed by atoms with Crippen molar-refractivity contribution in [2.24, 2.45) is 17.6 Å². The van der Waals surface area contributed by atoms with Crippen LogP contribution < -0.4 is 5.73 Å². The molecule has 19 heavy (non-hydrogen) atoms. The van der Waals surface area contributed by atoms with E-state index in [4.69, 9.17) is 10.5 Å². The van der Waals surface area contributed by atoms with E-state index in [0.29, 0.717) is 18.4 Å². The normalized spacial score (nSPS) is 30.7. The van der Waals surface area contributed by atoms with Gasteiger partial charge in [0.15, 0.2) is 0 Å². The van der Waals surface area contributed by atoms with Gasteiger partial charge in [-0.05, 0) is 37.5 Å². The summed E-state index contributed by atoms with van der Waals surface area (Å²) in [5, 5.41) is 0. The van der Waals surface area contributed by atoms with Gasteiger partial charge in [-0.3, -0.25) is 9.69 Å². The molecule has 0 bridgehead atoms. The summed E-state index contributed by atoms with van der Waals surface area (Å²) in [6.07, 6.45) is 6.78. The van der Waals surface area contributed by atoms with Gasteiger partial charge in [0.25, 0.3) is 0 Å². The second kappa shape index (κ2) is 6.71. The van der Waals surface area contributed by atoms with Crippen LogP contribution in [0.2, 0.25) is 0 Å². The summed E-state index contributed by atoms with van der Waals surface area (Å²) in [4.78, 5) is 14.0. The molecule has 0 aromatic carbocycles. The molecule has 0 radical (unpaired) electrons. The quantitative estimate of drug-likeness (QED) is 0.772. The van der Waals surface area contributed by atoms with Crippen molar-refractivity contribution in [1.29, 1.82) is 0 Å². The zero-order valence-electron chi connectivity index (χ0n) is 12.3. The number of methoxy groups -OCH3 is 1. The van der Waals surface area contributed by atoms with E-state index < -0.39 is 0 Å². The third kappa shape index (κ3) is 3.69. The average molecular weight is 268 g/mol. The third-order valence-corrected chi connectivity index (χ3v) is 4.86. The van der Waals surface area contributed by atoms with E-state index in [9.17, 15) is 4.79 Å². The Balaban J connectivity index is 1.93. The Labute approximate surface area is 116 Å². The first-order chi connectivity index (χ1) is 9.13. The van der Waals surface area contributed by atoms with Crippen molar-refractivity contribution < 1.29 is 9.53 Å². The van der Waals surface area contributed by atoms with E-state index in [-0.39, 0.29) is 12.0 Å². The number of ether oxygens (including phenoxy) is 1. The molecule has 2 N–H and O–H groups in total. The standard InChI is InChI=1S/C15H28N2O2/c1-3-14(12-5-4-6-12)17-9-11(7-13(16)10-17)8-15(18)19-2/h11-14H,3-10,16H2,1-2H3. The van der Waals surface area contributed by atoms with Crippen LogP contribution in [-0.2, 0) is 9.53 Å². The molecule has 0 spiro atoms. The van der Waals surface area contributed by atoms with Crippen LogP contribution in [0, 0.1) is 11.8 Å². The molecule has 2 fully saturated rings. The van der Waals surface area contributed by atoms with Crippen molar-refractivity contribution in [2.45, 2.75) is 57.5 Å². The van der Waals surface area contributed by atoms with Gasteiger partial charge in [-0.2, -0.15) is 0 Å². The van der Waals surface area contributed by atoms with Crippen LogP contribution in [0.1, 0.15) is 45.4 Å². The number of carbonyl (C=O) groups excluding carboxylic acids is 1. The zero-order valence-corrected chi connectivity index (χ0v) is 12.3. The second-order valence-corrected chi connectivity index (χ2v) is 6.26. The minimum absolute atomic E-state index is 0.101. The fourth-order valence-corrected chi connectivity index (χ4v) is 3.74. The molecule has 1 saturated heterocycles. The van der Waals surface area contributed by atoms with Crippen LogP contribution in [0.3, 0.4) is 0 Å². The predicted molar refractivity (Wildman–Crippen MR) is 75.7 cm³/mol. The Hall–Kier alpha value is -0.610. The highest BCUT2D eigenvalue weighted by molar-refractivity contribution is 5.69. The van der Waals surface area contributed by atoms with Gasteiger partial charge in [0.2, 0.25) is 0 Å². The lowest BCUT2D eigenvalue weighted by atomic mass is 9.77. The minimum atomic E-state index is -0.101. The molecule has 1 aliphatic carbocycles. The summed E-state index contributed by atoms with van der Waals surface area (Å²) in [6, 6.07) is 0.873. The molecule has 0 aromatic heterocycles. The van der Waals surface area contributed by atoms with Crippen molar-refractivity contribution >= 4 is 5.97 Å². The number of nitrogens with zero attached hydrogens (tertiary/aromatic N) is 1. The molecule has 0 amide bonds. The van der Waals surface area contributed by atoms with Crippen LogP contribution in [-0.4, -0.2) is 43.2 Å². The molecule has 1 heterocycles. The van der Waals surface area contributed by atoms with Crippen LogP contribution in [0.5, 0.6) is 0 Å². The first-order valence-corrected chi connectivity index (χ1v) is 7.70. The zero-order chi connectivity index (χ0) is 13.8. The Morgan fingerprint density at radius 1 is 1.42 bits per heavy atom. The summed E-state index contributed by atoms with van der Waals surface area (Å²) in [5.74, 6) is 1.12. The van der Waals surface area contributed by atoms with Gasteiger partial charge in [0, 0.05) is 31.6 Å². The second-order valence-electron chi connectivity index (χ2n) is 6.26. The number of carbonyl (C=O) groups is 1. The van der Waals surface area contributed by atoms with Gasteiger partial charge in [-0.1, -0.05) is 13.3 Å². The van der Waals surface area contributed by atoms with Crippen LogP contribution in [0.4, 0.5) is 0 Å². The Kier molecular flexibility index (Phi) is 5.22. The monoisotopic (exact) mass is 268 g/mol. The molecule has 2 rings (SSSR count). The summed E-state index contributed by atoms with van der Waals surface area (Å²) in [6.45, 7) is 4.28. The molecule has 4 nitrogen and oxygen atoms in total. The lowest BCUT2D eigenvalue weighted by molar-refractivity contribution is -0.142. The first-order valence-electron chi connectivity index (χ1n) is 7.70. The highest BCUT2D eigenvalue weighted by Gasteiger charge is 2.35. The number of hydrogen-bond donors (Lipinski definition) is 1. The van der Waals surface area contributed by atoms with Crippen molar-refractivity contribution in [3.8, 4) is 0 Å². The number of rotatable bonds is 5. The molecular weight excluding hydrogens is 240 g/mol. The van der Waals surface area contributed by atoms with Crippen molar-refractivity contribution in [1.82, 2.24) is 4.90 Å². The summed E-state index contributed by atoms with van der Waals surface area (Å²) >= 11 is 0. The smallest absolute Gasteiger partial charge is 0.305 e. The van der Waals surface area contributed by atoms with Crippen molar-refractivity contribution in [2.75, 3.05) is 20.2 Å². The first kappa shape index (κ1) is 14.8. The summed E-state index contributed by atoms with van der Waals surface area (Å²) in [7, 11) is 1.46. The maximum Gasteiger partial charge on any atom is 0.305 e. The van der Waals surface area contributed by atoms with E-state index in [1.54, 1.807) is 0 Å². The number of esters is 1. The SMILES string of the molecule is CCC(C1CCC1)N1CC(N)CC(CC(=O)OC)C1. The van der Waals surface area contributed by atoms with Crippen LogP contribution >= 0.6 is 0 Å². The van der Waals surface area contributed by atoms with Crippen LogP contribution in [0.25, 0.3) is 0 Å². The molecule has 0 aromatic rings. The Bertz CT molecular complexity index is 305. The van der Waals surface area contributed by atoms with Gasteiger partial charge in [-0.15, -0.1) is 0 Å². The molecule has 1 aliphatic heterocycles. The molecule has 3 atom stereocenters. The maximum absolute atomic E-state index is 11.5. The third-order valence-electron chi connectivity index (χ3n) is 4.86. The van der Waals surface area contributed by atoms with E-state index in [1.165, 1.54) is 32.8 Å². The topological polar surface area (TPSA) is 55.6 Å². The molecule has 1 saturated carbocycles. The maximum atomic E-state index is 11.5. The fourth-order valence-electron chi connectivity index (χ4n) is 3.74. The average Bonchev–Trinajstić information content (AvgIpc) is 2.32. The van der Waals surface area contributed by atoms with E-state index in [0.717, 1.165) is 25.4 Å². The highest BCUT2D eigenvalue weighted by atomic mass is 16.5. The summed E-state index contributed by atoms with van der Waals surface area (Å²) in [5.41, 5.74) is 6.19. The summed E-state index contributed by atoms with van der Waals surface area (Å²) < 4.78 is 4.79. The van der Waals surface area contributed by atoms with E-state index in [1.807, 2.05) is 0 Å². The number of hydrogen-bond acceptors (Lipinski definition) is 4. The minimum Gasteiger partial charge on any atom is -0.469 e. The van der Waals surface area contributed by atoms with Crippen molar-refractivity contribution in [3.63, 3.8) is 0 Å². The van der Waals surface area contributed by atoms with Crippen LogP contribution in [0.15, 0.2) is 0 Å². The lowest BCUT2D eigenvalue weighted by Crippen LogP contribution is -2.54. The molecule has 4 heteroatoms. The van der Waals surface area contributed by atoms with Crippen molar-refractivity contribution in [3.05, 3.63) is 0 Å². The number of piperidine rings is 1. The number of likely N-dealkylation sites (tertiary alicyclic amines) is 1. The molecule has 2 aliphatic rings. The fraction of sp³-hybridized carbons (Fsp3) is 0.933. The molecular formula is C15H28N2O2. The molecule has 110 valence electrons. The predicted octanol–water partition coefficient (Wildman–Crippen LogP) is 1.78. The van der Waals surface area contributed by atoms with Gasteiger partial charge in [0.05, 0.1) is 7.11 Å². The van der Waals surface area contributed by atoms with E-state index in [2.05, 4.69) is 11.8 Å². The lowest BCUT2D eigenvalue weighted by Gasteiger charge is -2.46. The Morgan fingerprint density at radius 3 is 2.68 bits per heavy atom.